The lowest BCUT2D eigenvalue weighted by Crippen LogP contribution is -2.38. The monoisotopic (exact) mass is 243 g/mol. The Hall–Kier alpha value is -0.610. The van der Waals surface area contributed by atoms with Crippen LogP contribution in [-0.4, -0.2) is 30.3 Å². The van der Waals surface area contributed by atoms with Gasteiger partial charge in [-0.25, -0.2) is 0 Å². The molecule has 1 saturated heterocycles. The van der Waals surface area contributed by atoms with Crippen molar-refractivity contribution in [3.05, 3.63) is 0 Å². The molecule has 0 bridgehead atoms. The average Bonchev–Trinajstić information content (AvgIpc) is 2.63. The Kier molecular flexibility index (Phi) is 4.95. The van der Waals surface area contributed by atoms with Crippen LogP contribution in [0.25, 0.3) is 0 Å². The van der Waals surface area contributed by atoms with Crippen molar-refractivity contribution in [2.45, 2.75) is 64.7 Å². The van der Waals surface area contributed by atoms with Gasteiger partial charge >= 0.3 is 5.97 Å². The van der Waals surface area contributed by atoms with Crippen molar-refractivity contribution >= 4 is 5.97 Å². The van der Waals surface area contributed by atoms with Crippen LogP contribution in [0.5, 0.6) is 0 Å². The van der Waals surface area contributed by atoms with Crippen molar-refractivity contribution in [1.29, 1.82) is 0 Å². The lowest BCUT2D eigenvalue weighted by Gasteiger charge is -2.27. The minimum atomic E-state index is -0.435. The van der Waals surface area contributed by atoms with E-state index in [1.807, 2.05) is 27.7 Å². The fourth-order valence-corrected chi connectivity index (χ4v) is 2.17. The molecule has 1 heterocycles. The van der Waals surface area contributed by atoms with Crippen molar-refractivity contribution in [1.82, 2.24) is 0 Å². The Morgan fingerprint density at radius 3 is 2.59 bits per heavy atom. The quantitative estimate of drug-likeness (QED) is 0.766. The number of ether oxygens (including phenoxy) is 2. The van der Waals surface area contributed by atoms with E-state index < -0.39 is 5.60 Å². The minimum Gasteiger partial charge on any atom is -0.460 e. The summed E-state index contributed by atoms with van der Waals surface area (Å²) in [6.07, 6.45) is 2.51. The maximum atomic E-state index is 11.8. The van der Waals surface area contributed by atoms with Gasteiger partial charge in [-0.3, -0.25) is 4.79 Å². The van der Waals surface area contributed by atoms with Crippen molar-refractivity contribution < 1.29 is 14.3 Å². The Morgan fingerprint density at radius 2 is 2.18 bits per heavy atom. The highest BCUT2D eigenvalue weighted by molar-refractivity contribution is 5.70. The Labute approximate surface area is 104 Å². The van der Waals surface area contributed by atoms with Crippen LogP contribution in [0.2, 0.25) is 0 Å². The van der Waals surface area contributed by atoms with Crippen molar-refractivity contribution in [3.8, 4) is 0 Å². The SMILES string of the molecule is CC(N)C(CC(=O)OC(C)(C)C)C1CCCO1. The summed E-state index contributed by atoms with van der Waals surface area (Å²) in [7, 11) is 0. The molecule has 0 aliphatic carbocycles. The standard InChI is InChI=1S/C13H25NO3/c1-9(14)10(11-6-5-7-16-11)8-12(15)17-13(2,3)4/h9-11H,5-8,14H2,1-4H3. The number of rotatable bonds is 4. The third-order valence-corrected chi connectivity index (χ3v) is 2.94. The van der Waals surface area contributed by atoms with Gasteiger partial charge in [0.2, 0.25) is 0 Å². The number of hydrogen-bond donors (Lipinski definition) is 1. The lowest BCUT2D eigenvalue weighted by atomic mass is 9.90. The first-order valence-electron chi connectivity index (χ1n) is 6.38. The summed E-state index contributed by atoms with van der Waals surface area (Å²) >= 11 is 0. The van der Waals surface area contributed by atoms with Crippen LogP contribution < -0.4 is 5.73 Å². The fourth-order valence-electron chi connectivity index (χ4n) is 2.17. The molecule has 1 aliphatic heterocycles. The Morgan fingerprint density at radius 1 is 1.53 bits per heavy atom. The van der Waals surface area contributed by atoms with E-state index in [-0.39, 0.29) is 24.0 Å². The highest BCUT2D eigenvalue weighted by Crippen LogP contribution is 2.26. The first-order valence-corrected chi connectivity index (χ1v) is 6.38. The molecule has 0 radical (unpaired) electrons. The maximum absolute atomic E-state index is 11.8. The second-order valence-corrected chi connectivity index (χ2v) is 5.87. The number of hydrogen-bond acceptors (Lipinski definition) is 4. The summed E-state index contributed by atoms with van der Waals surface area (Å²) < 4.78 is 10.9. The molecule has 1 fully saturated rings. The van der Waals surface area contributed by atoms with Gasteiger partial charge in [0, 0.05) is 18.6 Å². The molecule has 1 rings (SSSR count). The van der Waals surface area contributed by atoms with Gasteiger partial charge in [0.25, 0.3) is 0 Å². The zero-order valence-corrected chi connectivity index (χ0v) is 11.4. The summed E-state index contributed by atoms with van der Waals surface area (Å²) in [5, 5.41) is 0. The Bertz CT molecular complexity index is 252. The zero-order valence-electron chi connectivity index (χ0n) is 11.4. The number of carbonyl (C=O) groups excluding carboxylic acids is 1. The van der Waals surface area contributed by atoms with E-state index in [0.717, 1.165) is 19.4 Å². The van der Waals surface area contributed by atoms with Crippen LogP contribution in [0.3, 0.4) is 0 Å². The fraction of sp³-hybridized carbons (Fsp3) is 0.923. The first kappa shape index (κ1) is 14.5. The van der Waals surface area contributed by atoms with Crippen LogP contribution >= 0.6 is 0 Å². The van der Waals surface area contributed by atoms with Gasteiger partial charge in [-0.05, 0) is 40.5 Å². The highest BCUT2D eigenvalue weighted by atomic mass is 16.6. The van der Waals surface area contributed by atoms with Crippen molar-refractivity contribution in [3.63, 3.8) is 0 Å². The van der Waals surface area contributed by atoms with E-state index in [0.29, 0.717) is 6.42 Å². The van der Waals surface area contributed by atoms with Gasteiger partial charge < -0.3 is 15.2 Å². The summed E-state index contributed by atoms with van der Waals surface area (Å²) in [5.41, 5.74) is 5.51. The van der Waals surface area contributed by atoms with Gasteiger partial charge in [-0.2, -0.15) is 0 Å². The zero-order chi connectivity index (χ0) is 13.1. The van der Waals surface area contributed by atoms with E-state index in [1.54, 1.807) is 0 Å². The molecule has 4 heteroatoms. The molecular formula is C13H25NO3. The predicted octanol–water partition coefficient (Wildman–Crippen LogP) is 1.86. The summed E-state index contributed by atoms with van der Waals surface area (Å²) in [5.74, 6) is -0.123. The normalized spacial score (nSPS) is 24.4. The van der Waals surface area contributed by atoms with Crippen molar-refractivity contribution in [2.75, 3.05) is 6.61 Å². The molecule has 100 valence electrons. The molecule has 0 spiro atoms. The predicted molar refractivity (Wildman–Crippen MR) is 66.6 cm³/mol. The average molecular weight is 243 g/mol. The van der Waals surface area contributed by atoms with Gasteiger partial charge in [-0.1, -0.05) is 0 Å². The van der Waals surface area contributed by atoms with E-state index in [9.17, 15) is 4.79 Å². The summed E-state index contributed by atoms with van der Waals surface area (Å²) in [6.45, 7) is 8.33. The molecule has 4 nitrogen and oxygen atoms in total. The third kappa shape index (κ3) is 5.04. The third-order valence-electron chi connectivity index (χ3n) is 2.94. The van der Waals surface area contributed by atoms with Crippen LogP contribution in [0.1, 0.15) is 47.0 Å². The second kappa shape index (κ2) is 5.83. The molecule has 3 unspecified atom stereocenters. The highest BCUT2D eigenvalue weighted by Gasteiger charge is 2.32. The number of nitrogens with two attached hydrogens (primary N) is 1. The van der Waals surface area contributed by atoms with Crippen molar-refractivity contribution in [2.24, 2.45) is 11.7 Å². The van der Waals surface area contributed by atoms with Gasteiger partial charge in [0.05, 0.1) is 12.5 Å². The second-order valence-electron chi connectivity index (χ2n) is 5.87. The van der Waals surface area contributed by atoms with E-state index in [1.165, 1.54) is 0 Å². The molecule has 0 aromatic carbocycles. The van der Waals surface area contributed by atoms with E-state index in [4.69, 9.17) is 15.2 Å². The Balaban J connectivity index is 2.52. The molecular weight excluding hydrogens is 218 g/mol. The molecule has 0 saturated carbocycles. The molecule has 0 aromatic rings. The topological polar surface area (TPSA) is 61.6 Å². The van der Waals surface area contributed by atoms with E-state index in [2.05, 4.69) is 0 Å². The number of carbonyl (C=O) groups is 1. The van der Waals surface area contributed by atoms with Crippen LogP contribution in [0.4, 0.5) is 0 Å². The molecule has 1 aliphatic rings. The lowest BCUT2D eigenvalue weighted by molar-refractivity contribution is -0.157. The van der Waals surface area contributed by atoms with Gasteiger partial charge in [-0.15, -0.1) is 0 Å². The summed E-state index contributed by atoms with van der Waals surface area (Å²) in [6, 6.07) is -0.0504. The molecule has 17 heavy (non-hydrogen) atoms. The maximum Gasteiger partial charge on any atom is 0.306 e. The van der Waals surface area contributed by atoms with Crippen LogP contribution in [0.15, 0.2) is 0 Å². The first-order chi connectivity index (χ1) is 7.79. The molecule has 0 amide bonds. The molecule has 0 aromatic heterocycles. The van der Waals surface area contributed by atoms with Crippen LogP contribution in [-0.2, 0) is 14.3 Å². The molecule has 2 N–H and O–H groups in total. The van der Waals surface area contributed by atoms with Gasteiger partial charge in [0.1, 0.15) is 5.60 Å². The number of esters is 1. The molecule has 3 atom stereocenters. The largest absolute Gasteiger partial charge is 0.460 e. The summed E-state index contributed by atoms with van der Waals surface area (Å²) in [4.78, 5) is 11.8. The van der Waals surface area contributed by atoms with E-state index >= 15 is 0 Å². The minimum absolute atomic E-state index is 0.0504. The van der Waals surface area contributed by atoms with Gasteiger partial charge in [0.15, 0.2) is 0 Å². The smallest absolute Gasteiger partial charge is 0.306 e. The van der Waals surface area contributed by atoms with Crippen LogP contribution in [0, 0.1) is 5.92 Å².